The Morgan fingerprint density at radius 1 is 0.967 bits per heavy atom. The molecule has 0 saturated carbocycles. The third-order valence-electron chi connectivity index (χ3n) is 5.01. The Labute approximate surface area is 179 Å². The molecule has 0 N–H and O–H groups in total. The minimum Gasteiger partial charge on any atom is -0.496 e. The summed E-state index contributed by atoms with van der Waals surface area (Å²) >= 11 is 0. The van der Waals surface area contributed by atoms with Crippen molar-refractivity contribution in [3.63, 3.8) is 0 Å². The van der Waals surface area contributed by atoms with Gasteiger partial charge in [0.25, 0.3) is 0 Å². The van der Waals surface area contributed by atoms with Crippen LogP contribution in [0.4, 0.5) is 0 Å². The molecule has 0 aliphatic carbocycles. The molecule has 3 aromatic rings. The number of hydrogen-bond donors (Lipinski definition) is 0. The highest BCUT2D eigenvalue weighted by molar-refractivity contribution is 6.06. The second kappa shape index (κ2) is 9.93. The molecule has 3 rings (SSSR count). The molecule has 0 aromatic heterocycles. The second-order valence-electron chi connectivity index (χ2n) is 7.65. The summed E-state index contributed by atoms with van der Waals surface area (Å²) in [5, 5.41) is 0. The van der Waals surface area contributed by atoms with Gasteiger partial charge in [-0.3, -0.25) is 4.79 Å². The lowest BCUT2D eigenvalue weighted by molar-refractivity contribution is 0.104. The summed E-state index contributed by atoms with van der Waals surface area (Å²) in [5.41, 5.74) is 4.94. The third kappa shape index (κ3) is 5.60. The van der Waals surface area contributed by atoms with E-state index in [1.165, 1.54) is 5.56 Å². The van der Waals surface area contributed by atoms with E-state index < -0.39 is 0 Å². The fraction of sp³-hybridized carbons (Fsp3) is 0.222. The first-order valence-electron chi connectivity index (χ1n) is 10.1. The van der Waals surface area contributed by atoms with Crippen LogP contribution in [0.1, 0.15) is 52.4 Å². The summed E-state index contributed by atoms with van der Waals surface area (Å²) < 4.78 is 11.4. The molecule has 3 aromatic carbocycles. The molecule has 30 heavy (non-hydrogen) atoms. The van der Waals surface area contributed by atoms with Gasteiger partial charge in [0, 0.05) is 11.1 Å². The molecule has 0 aliphatic rings. The maximum Gasteiger partial charge on any atom is 0.185 e. The summed E-state index contributed by atoms with van der Waals surface area (Å²) in [6, 6.07) is 21.6. The van der Waals surface area contributed by atoms with Gasteiger partial charge in [0.1, 0.15) is 18.1 Å². The fourth-order valence-corrected chi connectivity index (χ4v) is 3.11. The van der Waals surface area contributed by atoms with Crippen LogP contribution in [0.5, 0.6) is 11.5 Å². The van der Waals surface area contributed by atoms with Crippen LogP contribution < -0.4 is 9.47 Å². The van der Waals surface area contributed by atoms with Crippen LogP contribution in [0, 0.1) is 6.92 Å². The summed E-state index contributed by atoms with van der Waals surface area (Å²) in [4.78, 5) is 12.4. The standard InChI is InChI=1S/C27H28O3/c1-19(2)22-11-13-25(14-12-22)30-18-24-17-21(8-16-27(24)29-4)7-15-26(28)23-9-5-20(3)6-10-23/h5-17,19H,18H2,1-4H3/b15-7+. The molecule has 3 nitrogen and oxygen atoms in total. The second-order valence-corrected chi connectivity index (χ2v) is 7.65. The number of rotatable bonds is 8. The average Bonchev–Trinajstić information content (AvgIpc) is 2.76. The fourth-order valence-electron chi connectivity index (χ4n) is 3.11. The predicted molar refractivity (Wildman–Crippen MR) is 122 cm³/mol. The predicted octanol–water partition coefficient (Wildman–Crippen LogP) is 6.60. The van der Waals surface area contributed by atoms with E-state index in [-0.39, 0.29) is 5.78 Å². The lowest BCUT2D eigenvalue weighted by Crippen LogP contribution is -2.00. The Hall–Kier alpha value is -3.33. The zero-order valence-electron chi connectivity index (χ0n) is 18.0. The summed E-state index contributed by atoms with van der Waals surface area (Å²) in [5.74, 6) is 2.05. The number of ketones is 1. The summed E-state index contributed by atoms with van der Waals surface area (Å²) in [6.07, 6.45) is 3.42. The van der Waals surface area contributed by atoms with Crippen molar-refractivity contribution in [2.45, 2.75) is 33.3 Å². The van der Waals surface area contributed by atoms with Crippen LogP contribution in [0.2, 0.25) is 0 Å². The number of methoxy groups -OCH3 is 1. The molecule has 154 valence electrons. The van der Waals surface area contributed by atoms with Crippen molar-refractivity contribution in [3.05, 3.63) is 101 Å². The van der Waals surface area contributed by atoms with E-state index in [0.717, 1.165) is 28.2 Å². The van der Waals surface area contributed by atoms with Crippen molar-refractivity contribution < 1.29 is 14.3 Å². The lowest BCUT2D eigenvalue weighted by Gasteiger charge is -2.12. The maximum atomic E-state index is 12.4. The molecule has 0 saturated heterocycles. The van der Waals surface area contributed by atoms with Crippen molar-refractivity contribution in [2.24, 2.45) is 0 Å². The molecular formula is C27H28O3. The van der Waals surface area contributed by atoms with Gasteiger partial charge < -0.3 is 9.47 Å². The van der Waals surface area contributed by atoms with E-state index in [0.29, 0.717) is 18.1 Å². The van der Waals surface area contributed by atoms with Gasteiger partial charge >= 0.3 is 0 Å². The number of allylic oxidation sites excluding steroid dienone is 1. The Morgan fingerprint density at radius 2 is 1.67 bits per heavy atom. The van der Waals surface area contributed by atoms with Crippen molar-refractivity contribution in [1.29, 1.82) is 0 Å². The molecule has 0 atom stereocenters. The van der Waals surface area contributed by atoms with Gasteiger partial charge in [0.15, 0.2) is 5.78 Å². The van der Waals surface area contributed by atoms with Crippen LogP contribution in [0.3, 0.4) is 0 Å². The molecule has 0 unspecified atom stereocenters. The van der Waals surface area contributed by atoms with Crippen LogP contribution >= 0.6 is 0 Å². The minimum atomic E-state index is -0.0196. The molecule has 0 bridgehead atoms. The number of aryl methyl sites for hydroxylation is 1. The van der Waals surface area contributed by atoms with E-state index in [1.54, 1.807) is 13.2 Å². The molecular weight excluding hydrogens is 372 g/mol. The number of ether oxygens (including phenoxy) is 2. The Morgan fingerprint density at radius 3 is 2.30 bits per heavy atom. The molecule has 3 heteroatoms. The van der Waals surface area contributed by atoms with Crippen molar-refractivity contribution >= 4 is 11.9 Å². The van der Waals surface area contributed by atoms with Gasteiger partial charge in [-0.1, -0.05) is 68.0 Å². The highest BCUT2D eigenvalue weighted by atomic mass is 16.5. The van der Waals surface area contributed by atoms with Crippen LogP contribution in [-0.4, -0.2) is 12.9 Å². The van der Waals surface area contributed by atoms with E-state index >= 15 is 0 Å². The monoisotopic (exact) mass is 400 g/mol. The summed E-state index contributed by atoms with van der Waals surface area (Å²) in [7, 11) is 1.65. The van der Waals surface area contributed by atoms with Gasteiger partial charge in [0.05, 0.1) is 7.11 Å². The third-order valence-corrected chi connectivity index (χ3v) is 5.01. The first-order chi connectivity index (χ1) is 14.5. The number of carbonyl (C=O) groups is 1. The van der Waals surface area contributed by atoms with Crippen LogP contribution in [0.25, 0.3) is 6.08 Å². The average molecular weight is 401 g/mol. The first kappa shape index (κ1) is 21.4. The highest BCUT2D eigenvalue weighted by Crippen LogP contribution is 2.24. The molecule has 0 amide bonds. The smallest absolute Gasteiger partial charge is 0.185 e. The van der Waals surface area contributed by atoms with Gasteiger partial charge in [-0.05, 0) is 54.3 Å². The van der Waals surface area contributed by atoms with E-state index in [4.69, 9.17) is 9.47 Å². The molecule has 0 spiro atoms. The van der Waals surface area contributed by atoms with Crippen molar-refractivity contribution in [2.75, 3.05) is 7.11 Å². The molecule has 0 aliphatic heterocycles. The lowest BCUT2D eigenvalue weighted by atomic mass is 10.0. The van der Waals surface area contributed by atoms with Crippen LogP contribution in [-0.2, 0) is 6.61 Å². The quantitative estimate of drug-likeness (QED) is 0.315. The number of carbonyl (C=O) groups excluding carboxylic acids is 1. The van der Waals surface area contributed by atoms with Gasteiger partial charge in [-0.15, -0.1) is 0 Å². The van der Waals surface area contributed by atoms with E-state index in [1.807, 2.05) is 67.6 Å². The highest BCUT2D eigenvalue weighted by Gasteiger charge is 2.07. The van der Waals surface area contributed by atoms with E-state index in [2.05, 4.69) is 26.0 Å². The van der Waals surface area contributed by atoms with Crippen molar-refractivity contribution in [1.82, 2.24) is 0 Å². The molecule has 0 fully saturated rings. The summed E-state index contributed by atoms with van der Waals surface area (Å²) in [6.45, 7) is 6.73. The Balaban J connectivity index is 1.71. The van der Waals surface area contributed by atoms with Crippen LogP contribution in [0.15, 0.2) is 72.8 Å². The maximum absolute atomic E-state index is 12.4. The Bertz CT molecular complexity index is 1010. The minimum absolute atomic E-state index is 0.0196. The van der Waals surface area contributed by atoms with Gasteiger partial charge in [-0.25, -0.2) is 0 Å². The zero-order chi connectivity index (χ0) is 21.5. The largest absolute Gasteiger partial charge is 0.496 e. The number of benzene rings is 3. The topological polar surface area (TPSA) is 35.5 Å². The first-order valence-corrected chi connectivity index (χ1v) is 10.1. The van der Waals surface area contributed by atoms with Crippen molar-refractivity contribution in [3.8, 4) is 11.5 Å². The van der Waals surface area contributed by atoms with Gasteiger partial charge in [-0.2, -0.15) is 0 Å². The zero-order valence-corrected chi connectivity index (χ0v) is 18.0. The number of hydrogen-bond acceptors (Lipinski definition) is 3. The van der Waals surface area contributed by atoms with Gasteiger partial charge in [0.2, 0.25) is 0 Å². The molecule has 0 heterocycles. The van der Waals surface area contributed by atoms with E-state index in [9.17, 15) is 4.79 Å². The Kier molecular flexibility index (Phi) is 7.08. The SMILES string of the molecule is COc1ccc(/C=C/C(=O)c2ccc(C)cc2)cc1COc1ccc(C(C)C)cc1. The molecule has 0 radical (unpaired) electrons. The normalized spacial score (nSPS) is 11.1.